The molecular formula is C78H120N6. The lowest BCUT2D eigenvalue weighted by molar-refractivity contribution is 0.526. The number of unbranched alkanes of at least 4 members (excludes halogenated alkanes) is 39. The zero-order chi connectivity index (χ0) is 58.8. The maximum atomic E-state index is 5.58. The monoisotopic (exact) mass is 1140 g/mol. The van der Waals surface area contributed by atoms with E-state index in [2.05, 4.69) is 128 Å². The van der Waals surface area contributed by atoms with E-state index in [1.807, 2.05) is 0 Å². The largest absolute Gasteiger partial charge is 0.324 e. The van der Waals surface area contributed by atoms with Gasteiger partial charge in [0, 0.05) is 36.3 Å². The number of hydrogen-bond donors (Lipinski definition) is 0. The van der Waals surface area contributed by atoms with E-state index in [-0.39, 0.29) is 0 Å². The van der Waals surface area contributed by atoms with Crippen LogP contribution in [0, 0.1) is 20.8 Å². The van der Waals surface area contributed by atoms with Gasteiger partial charge in [-0.25, -0.2) is 15.0 Å². The second-order valence-corrected chi connectivity index (χ2v) is 26.3. The Labute approximate surface area is 513 Å². The van der Waals surface area contributed by atoms with Crippen LogP contribution in [0.25, 0.3) is 67.3 Å². The van der Waals surface area contributed by atoms with Gasteiger partial charge >= 0.3 is 0 Å². The van der Waals surface area contributed by atoms with Crippen molar-refractivity contribution < 1.29 is 0 Å². The minimum absolute atomic E-state index is 0.959. The predicted molar refractivity (Wildman–Crippen MR) is 368 cm³/mol. The van der Waals surface area contributed by atoms with Gasteiger partial charge < -0.3 is 13.7 Å². The minimum Gasteiger partial charge on any atom is -0.324 e. The molecule has 462 valence electrons. The van der Waals surface area contributed by atoms with Crippen molar-refractivity contribution in [1.29, 1.82) is 0 Å². The van der Waals surface area contributed by atoms with Gasteiger partial charge in [0.25, 0.3) is 0 Å². The van der Waals surface area contributed by atoms with Crippen LogP contribution in [0.4, 0.5) is 0 Å². The molecule has 0 unspecified atom stereocenters. The molecule has 3 heterocycles. The average molecular weight is 1140 g/mol. The standard InChI is InChI=1S/C78H120N6/c1-7-10-13-16-19-22-25-28-31-34-37-40-43-46-55-82-73-58-64(4)49-52-70(73)79-76(82)67-61-68(77-80-71-53-50-65(5)59-74(71)83(77)56-47-44-41-38-35-32-29-26-23-20-17-14-11-8-2)63-69(62-67)78-81-72-54-51-66(6)60-75(72)84(78)57-48-45-42-39-36-33-30-27-24-21-18-15-12-9-3/h49-54,58-63H,7-48,55-57H2,1-6H3. The number of fused-ring (bicyclic) bond motifs is 3. The van der Waals surface area contributed by atoms with Crippen molar-refractivity contribution in [3.05, 3.63) is 89.5 Å². The average Bonchev–Trinajstić information content (AvgIpc) is 2.48. The molecule has 0 aliphatic heterocycles. The number of aryl methyl sites for hydroxylation is 6. The SMILES string of the molecule is CCCCCCCCCCCCCCCCn1c(-c2cc(-c3nc4ccc(C)cc4n3CCCCCCCCCCCCCCCC)cc(-c3nc4ccc(C)cc4n3CCCCCCCCCCCCCCCC)c2)nc2ccc(C)cc21. The first-order valence-electron chi connectivity index (χ1n) is 35.9. The maximum Gasteiger partial charge on any atom is 0.141 e. The number of nitrogens with zero attached hydrogens (tertiary/aromatic N) is 6. The molecule has 0 amide bonds. The molecule has 0 saturated carbocycles. The van der Waals surface area contributed by atoms with Gasteiger partial charge in [-0.15, -0.1) is 0 Å². The van der Waals surface area contributed by atoms with Crippen molar-refractivity contribution in [2.24, 2.45) is 0 Å². The molecule has 7 rings (SSSR count). The van der Waals surface area contributed by atoms with Crippen molar-refractivity contribution in [2.75, 3.05) is 0 Å². The van der Waals surface area contributed by atoms with E-state index >= 15 is 0 Å². The van der Waals surface area contributed by atoms with Crippen LogP contribution in [0.3, 0.4) is 0 Å². The highest BCUT2D eigenvalue weighted by Crippen LogP contribution is 2.37. The third kappa shape index (κ3) is 22.2. The topological polar surface area (TPSA) is 53.5 Å². The third-order valence-corrected chi connectivity index (χ3v) is 18.6. The van der Waals surface area contributed by atoms with E-state index in [1.165, 1.54) is 284 Å². The first-order chi connectivity index (χ1) is 41.4. The summed E-state index contributed by atoms with van der Waals surface area (Å²) in [6.45, 7) is 16.5. The number of rotatable bonds is 48. The Kier molecular flexibility index (Phi) is 31.1. The molecule has 0 spiro atoms. The van der Waals surface area contributed by atoms with Crippen molar-refractivity contribution in [1.82, 2.24) is 28.7 Å². The molecule has 4 aromatic carbocycles. The summed E-state index contributed by atoms with van der Waals surface area (Å²) < 4.78 is 7.69. The van der Waals surface area contributed by atoms with Crippen LogP contribution in [0.2, 0.25) is 0 Å². The van der Waals surface area contributed by atoms with Crippen molar-refractivity contribution in [3.8, 4) is 34.2 Å². The van der Waals surface area contributed by atoms with Gasteiger partial charge in [-0.2, -0.15) is 0 Å². The second-order valence-electron chi connectivity index (χ2n) is 26.3. The molecule has 6 nitrogen and oxygen atoms in total. The van der Waals surface area contributed by atoms with Crippen molar-refractivity contribution in [2.45, 2.75) is 331 Å². The van der Waals surface area contributed by atoms with Gasteiger partial charge in [-0.05, 0) is 111 Å². The highest BCUT2D eigenvalue weighted by atomic mass is 15.1. The van der Waals surface area contributed by atoms with E-state index in [0.29, 0.717) is 0 Å². The summed E-state index contributed by atoms with van der Waals surface area (Å²) in [5.41, 5.74) is 14.3. The van der Waals surface area contributed by atoms with E-state index in [9.17, 15) is 0 Å². The quantitative estimate of drug-likeness (QED) is 0.0357. The summed E-state index contributed by atoms with van der Waals surface area (Å²) >= 11 is 0. The molecule has 0 aliphatic rings. The fraction of sp³-hybridized carbons (Fsp3) is 0.654. The Morgan fingerprint density at radius 3 is 0.631 bits per heavy atom. The molecule has 0 atom stereocenters. The highest BCUT2D eigenvalue weighted by molar-refractivity contribution is 5.88. The highest BCUT2D eigenvalue weighted by Gasteiger charge is 2.22. The predicted octanol–water partition coefficient (Wildman–Crippen LogP) is 25.1. The number of aromatic nitrogens is 6. The van der Waals surface area contributed by atoms with Crippen molar-refractivity contribution in [3.63, 3.8) is 0 Å². The Hall–Kier alpha value is -4.71. The fourth-order valence-electron chi connectivity index (χ4n) is 13.4. The molecule has 84 heavy (non-hydrogen) atoms. The van der Waals surface area contributed by atoms with Gasteiger partial charge in [0.1, 0.15) is 17.5 Å². The van der Waals surface area contributed by atoms with Crippen LogP contribution in [0.1, 0.15) is 307 Å². The Bertz CT molecular complexity index is 2570. The maximum absolute atomic E-state index is 5.58. The van der Waals surface area contributed by atoms with Gasteiger partial charge in [0.05, 0.1) is 33.1 Å². The lowest BCUT2D eigenvalue weighted by Crippen LogP contribution is -2.05. The number of benzene rings is 4. The molecule has 0 fully saturated rings. The van der Waals surface area contributed by atoms with Gasteiger partial charge in [-0.1, -0.05) is 289 Å². The molecule has 7 aromatic rings. The molecular weight excluding hydrogens is 1020 g/mol. The first-order valence-corrected chi connectivity index (χ1v) is 35.9. The van der Waals surface area contributed by atoms with E-state index in [4.69, 9.17) is 15.0 Å². The molecule has 0 N–H and O–H groups in total. The normalized spacial score (nSPS) is 11.9. The summed E-state index contributed by atoms with van der Waals surface area (Å²) in [5.74, 6) is 3.18. The second kappa shape index (κ2) is 39.2. The van der Waals surface area contributed by atoms with Crippen LogP contribution >= 0.6 is 0 Å². The Morgan fingerprint density at radius 1 is 0.238 bits per heavy atom. The zero-order valence-electron chi connectivity index (χ0n) is 54.9. The molecule has 0 aliphatic carbocycles. The summed E-state index contributed by atoms with van der Waals surface area (Å²) in [4.78, 5) is 16.7. The van der Waals surface area contributed by atoms with E-state index in [1.54, 1.807) is 0 Å². The summed E-state index contributed by atoms with van der Waals surface area (Å²) in [7, 11) is 0. The van der Waals surface area contributed by atoms with Crippen LogP contribution in [-0.2, 0) is 19.6 Å². The minimum atomic E-state index is 0.959. The summed E-state index contributed by atoms with van der Waals surface area (Å²) in [6, 6.07) is 27.9. The Morgan fingerprint density at radius 2 is 0.429 bits per heavy atom. The fourth-order valence-corrected chi connectivity index (χ4v) is 13.4. The third-order valence-electron chi connectivity index (χ3n) is 18.6. The lowest BCUT2D eigenvalue weighted by atomic mass is 10.0. The van der Waals surface area contributed by atoms with Gasteiger partial charge in [-0.3, -0.25) is 0 Å². The Balaban J connectivity index is 1.12. The van der Waals surface area contributed by atoms with Gasteiger partial charge in [0.2, 0.25) is 0 Å². The molecule has 0 bridgehead atoms. The molecule has 3 aromatic heterocycles. The number of imidazole rings is 3. The van der Waals surface area contributed by atoms with Crippen LogP contribution < -0.4 is 0 Å². The zero-order valence-corrected chi connectivity index (χ0v) is 54.9. The lowest BCUT2D eigenvalue weighted by Gasteiger charge is -2.15. The van der Waals surface area contributed by atoms with Gasteiger partial charge in [0.15, 0.2) is 0 Å². The first kappa shape index (κ1) is 66.8. The molecule has 6 heteroatoms. The summed E-state index contributed by atoms with van der Waals surface area (Å²) in [5, 5.41) is 0. The van der Waals surface area contributed by atoms with E-state index in [0.717, 1.165) is 89.6 Å². The molecule has 0 radical (unpaired) electrons. The summed E-state index contributed by atoms with van der Waals surface area (Å²) in [6.07, 6.45) is 57.3. The van der Waals surface area contributed by atoms with Crippen LogP contribution in [-0.4, -0.2) is 28.7 Å². The van der Waals surface area contributed by atoms with E-state index < -0.39 is 0 Å². The van der Waals surface area contributed by atoms with Crippen LogP contribution in [0.5, 0.6) is 0 Å². The van der Waals surface area contributed by atoms with Crippen LogP contribution in [0.15, 0.2) is 72.8 Å². The molecule has 0 saturated heterocycles. The smallest absolute Gasteiger partial charge is 0.141 e. The van der Waals surface area contributed by atoms with Crippen molar-refractivity contribution >= 4 is 33.1 Å². The number of hydrogen-bond acceptors (Lipinski definition) is 3.